The molecule has 2 fully saturated rings. The number of nitrogens with one attached hydrogen (secondary N) is 1. The highest BCUT2D eigenvalue weighted by molar-refractivity contribution is 5.98. The van der Waals surface area contributed by atoms with E-state index in [9.17, 15) is 28.7 Å². The summed E-state index contributed by atoms with van der Waals surface area (Å²) in [5.41, 5.74) is 0.749. The van der Waals surface area contributed by atoms with Gasteiger partial charge in [-0.15, -0.1) is 0 Å². The van der Waals surface area contributed by atoms with E-state index < -0.39 is 29.3 Å². The maximum absolute atomic E-state index is 14.4. The fourth-order valence-electron chi connectivity index (χ4n) is 5.81. The third-order valence-corrected chi connectivity index (χ3v) is 8.31. The largest absolute Gasteiger partial charge is 0.478 e. The van der Waals surface area contributed by atoms with E-state index in [4.69, 9.17) is 0 Å². The zero-order chi connectivity index (χ0) is 29.4. The van der Waals surface area contributed by atoms with Crippen LogP contribution in [0.25, 0.3) is 0 Å². The van der Waals surface area contributed by atoms with E-state index in [1.807, 2.05) is 32.6 Å². The molecule has 2 aliphatic heterocycles. The Morgan fingerprint density at radius 1 is 1.10 bits per heavy atom. The van der Waals surface area contributed by atoms with Crippen LogP contribution in [0.2, 0.25) is 0 Å². The van der Waals surface area contributed by atoms with Crippen molar-refractivity contribution in [2.24, 2.45) is 5.92 Å². The topological polar surface area (TPSA) is 110 Å². The second-order valence-corrected chi connectivity index (χ2v) is 11.0. The molecule has 0 bridgehead atoms. The van der Waals surface area contributed by atoms with Gasteiger partial charge in [-0.2, -0.15) is 0 Å². The van der Waals surface area contributed by atoms with Crippen molar-refractivity contribution in [3.8, 4) is 0 Å². The minimum absolute atomic E-state index is 0.0468. The number of rotatable bonds is 7. The minimum Gasteiger partial charge on any atom is -0.478 e. The first kappa shape index (κ1) is 29.0. The molecule has 0 saturated carbocycles. The van der Waals surface area contributed by atoms with Crippen LogP contribution < -0.4 is 10.2 Å². The van der Waals surface area contributed by atoms with E-state index in [2.05, 4.69) is 5.32 Å². The highest BCUT2D eigenvalue weighted by Crippen LogP contribution is 2.42. The first-order valence-electron chi connectivity index (χ1n) is 13.7. The van der Waals surface area contributed by atoms with E-state index in [-0.39, 0.29) is 35.0 Å². The lowest BCUT2D eigenvalue weighted by Crippen LogP contribution is -2.60. The molecule has 40 heavy (non-hydrogen) atoms. The van der Waals surface area contributed by atoms with Gasteiger partial charge < -0.3 is 25.1 Å². The molecule has 214 valence electrons. The number of benzene rings is 2. The van der Waals surface area contributed by atoms with Gasteiger partial charge >= 0.3 is 5.97 Å². The molecule has 0 aliphatic carbocycles. The second kappa shape index (κ2) is 11.3. The number of hydrogen-bond donors (Lipinski definition) is 2. The molecule has 2 heterocycles. The first-order valence-corrected chi connectivity index (χ1v) is 13.7. The van der Waals surface area contributed by atoms with Crippen LogP contribution in [-0.2, 0) is 16.0 Å². The van der Waals surface area contributed by atoms with Gasteiger partial charge in [-0.05, 0) is 74.1 Å². The smallest absolute Gasteiger partial charge is 0.335 e. The third kappa shape index (κ3) is 5.14. The van der Waals surface area contributed by atoms with Crippen molar-refractivity contribution in [2.45, 2.75) is 64.7 Å². The summed E-state index contributed by atoms with van der Waals surface area (Å²) in [7, 11) is 1.74. The number of nitrogens with zero attached hydrogens (tertiary/aromatic N) is 3. The van der Waals surface area contributed by atoms with E-state index in [0.717, 1.165) is 11.3 Å². The molecule has 2 aromatic rings. The van der Waals surface area contributed by atoms with E-state index in [0.29, 0.717) is 32.4 Å². The van der Waals surface area contributed by atoms with Gasteiger partial charge in [0, 0.05) is 25.8 Å². The number of amides is 3. The van der Waals surface area contributed by atoms with Gasteiger partial charge in [0.15, 0.2) is 0 Å². The van der Waals surface area contributed by atoms with Crippen molar-refractivity contribution in [3.63, 3.8) is 0 Å². The number of aryl methyl sites for hydroxylation is 1. The molecule has 2 aliphatic rings. The SMILES string of the molecule is CCc1ccc(F)c(C(=O)N[C@@H](C(=O)N2CCC3(CC2)C(=O)N(C)C(C)N3c2ccc(C(=O)O)cc2)C(C)C)c1. The van der Waals surface area contributed by atoms with Gasteiger partial charge in [-0.25, -0.2) is 9.18 Å². The van der Waals surface area contributed by atoms with Crippen LogP contribution in [0.5, 0.6) is 0 Å². The van der Waals surface area contributed by atoms with Gasteiger partial charge in [0.1, 0.15) is 23.6 Å². The Morgan fingerprint density at radius 3 is 2.27 bits per heavy atom. The second-order valence-electron chi connectivity index (χ2n) is 11.0. The lowest BCUT2D eigenvalue weighted by atomic mass is 9.84. The molecule has 2 N–H and O–H groups in total. The van der Waals surface area contributed by atoms with Gasteiger partial charge in [0.2, 0.25) is 11.8 Å². The summed E-state index contributed by atoms with van der Waals surface area (Å²) < 4.78 is 14.4. The number of carbonyl (C=O) groups excluding carboxylic acids is 3. The highest BCUT2D eigenvalue weighted by atomic mass is 19.1. The molecule has 2 aromatic carbocycles. The number of aromatic carboxylic acids is 1. The zero-order valence-electron chi connectivity index (χ0n) is 23.6. The Morgan fingerprint density at radius 2 is 1.73 bits per heavy atom. The Bertz CT molecular complexity index is 1300. The molecule has 9 nitrogen and oxygen atoms in total. The number of piperidine rings is 1. The normalized spacial score (nSPS) is 19.3. The molecule has 3 amide bonds. The average molecular weight is 553 g/mol. The standard InChI is InChI=1S/C30H37FN4O5/c1-6-20-7-12-24(31)23(17-20)26(36)32-25(18(2)3)27(37)34-15-13-30(14-16-34)29(40)33(5)19(4)35(30)22-10-8-21(9-11-22)28(38)39/h7-12,17-19,25H,6,13-16H2,1-5H3,(H,32,36)(H,38,39)/t19?,25-/m1/s1. The Labute approximate surface area is 233 Å². The fourth-order valence-corrected chi connectivity index (χ4v) is 5.81. The monoisotopic (exact) mass is 552 g/mol. The van der Waals surface area contributed by atoms with Crippen LogP contribution in [0.3, 0.4) is 0 Å². The molecule has 1 spiro atoms. The summed E-state index contributed by atoms with van der Waals surface area (Å²) in [6.45, 7) is 8.09. The van der Waals surface area contributed by atoms with Gasteiger partial charge in [0.25, 0.3) is 5.91 Å². The van der Waals surface area contributed by atoms with Crippen LogP contribution in [0.1, 0.15) is 66.8 Å². The maximum atomic E-state index is 14.4. The molecular formula is C30H37FN4O5. The van der Waals surface area contributed by atoms with Crippen LogP contribution in [-0.4, -0.2) is 76.5 Å². The van der Waals surface area contributed by atoms with Crippen molar-refractivity contribution < 1.29 is 28.7 Å². The summed E-state index contributed by atoms with van der Waals surface area (Å²) >= 11 is 0. The van der Waals surface area contributed by atoms with Crippen LogP contribution >= 0.6 is 0 Å². The summed E-state index contributed by atoms with van der Waals surface area (Å²) in [5.74, 6) is -2.86. The molecule has 10 heteroatoms. The van der Waals surface area contributed by atoms with Crippen LogP contribution in [0.15, 0.2) is 42.5 Å². The lowest BCUT2D eigenvalue weighted by molar-refractivity contribution is -0.139. The first-order chi connectivity index (χ1) is 18.9. The molecule has 0 radical (unpaired) electrons. The van der Waals surface area contributed by atoms with Crippen molar-refractivity contribution in [2.75, 3.05) is 25.0 Å². The van der Waals surface area contributed by atoms with Crippen molar-refractivity contribution in [1.29, 1.82) is 0 Å². The van der Waals surface area contributed by atoms with Gasteiger partial charge in [-0.3, -0.25) is 14.4 Å². The maximum Gasteiger partial charge on any atom is 0.335 e. The van der Waals surface area contributed by atoms with Crippen molar-refractivity contribution >= 4 is 29.4 Å². The summed E-state index contributed by atoms with van der Waals surface area (Å²) in [6, 6.07) is 10.0. The number of halogens is 1. The third-order valence-electron chi connectivity index (χ3n) is 8.31. The molecule has 2 saturated heterocycles. The number of carbonyl (C=O) groups is 4. The van der Waals surface area contributed by atoms with E-state index >= 15 is 0 Å². The summed E-state index contributed by atoms with van der Waals surface area (Å²) in [5, 5.41) is 12.0. The van der Waals surface area contributed by atoms with E-state index in [1.165, 1.54) is 24.3 Å². The number of carboxylic acids is 1. The number of likely N-dealkylation sites (N-methyl/N-ethyl adjacent to an activating group) is 1. The Balaban J connectivity index is 1.52. The quantitative estimate of drug-likeness (QED) is 0.544. The predicted molar refractivity (Wildman–Crippen MR) is 149 cm³/mol. The van der Waals surface area contributed by atoms with Gasteiger partial charge in [-0.1, -0.05) is 26.8 Å². The molecule has 4 rings (SSSR count). The summed E-state index contributed by atoms with van der Waals surface area (Å²) in [6.07, 6.45) is 1.13. The van der Waals surface area contributed by atoms with Crippen molar-refractivity contribution in [3.05, 3.63) is 65.0 Å². The number of carboxylic acid groups (broad SMARTS) is 1. The molecule has 2 atom stereocenters. The highest BCUT2D eigenvalue weighted by Gasteiger charge is 2.56. The van der Waals surface area contributed by atoms with Crippen molar-refractivity contribution in [1.82, 2.24) is 15.1 Å². The predicted octanol–water partition coefficient (Wildman–Crippen LogP) is 3.53. The van der Waals surface area contributed by atoms with Crippen LogP contribution in [0.4, 0.5) is 10.1 Å². The average Bonchev–Trinajstić information content (AvgIpc) is 3.12. The molecular weight excluding hydrogens is 515 g/mol. The fraction of sp³-hybridized carbons (Fsp3) is 0.467. The zero-order valence-corrected chi connectivity index (χ0v) is 23.6. The van der Waals surface area contributed by atoms with Crippen LogP contribution in [0, 0.1) is 11.7 Å². The van der Waals surface area contributed by atoms with Gasteiger partial charge in [0.05, 0.1) is 11.1 Å². The number of likely N-dealkylation sites (tertiary alicyclic amines) is 1. The summed E-state index contributed by atoms with van der Waals surface area (Å²) in [4.78, 5) is 56.9. The Kier molecular flexibility index (Phi) is 8.18. The number of anilines is 1. The number of hydrogen-bond acceptors (Lipinski definition) is 5. The minimum atomic E-state index is -1.02. The lowest BCUT2D eigenvalue weighted by Gasteiger charge is -2.45. The Hall–Kier alpha value is -3.95. The van der Waals surface area contributed by atoms with E-state index in [1.54, 1.807) is 35.0 Å². The molecule has 1 unspecified atom stereocenters. The molecule has 0 aromatic heterocycles.